The number of benzene rings is 2. The largest absolute Gasteiger partial charge is 0.493 e. The number of hydrogen-bond donors (Lipinski definition) is 0. The van der Waals surface area contributed by atoms with Gasteiger partial charge in [0.25, 0.3) is 0 Å². The fourth-order valence-corrected chi connectivity index (χ4v) is 3.05. The molecular weight excluding hydrogens is 412 g/mol. The van der Waals surface area contributed by atoms with Crippen LogP contribution in [-0.4, -0.2) is 38.5 Å². The van der Waals surface area contributed by atoms with Crippen LogP contribution in [0.25, 0.3) is 6.08 Å². The second kappa shape index (κ2) is 8.67. The van der Waals surface area contributed by atoms with Crippen molar-refractivity contribution in [2.75, 3.05) is 21.3 Å². The van der Waals surface area contributed by atoms with Crippen LogP contribution in [0.4, 0.5) is 0 Å². The van der Waals surface area contributed by atoms with E-state index in [1.807, 2.05) is 0 Å². The molecule has 0 fully saturated rings. The van der Waals surface area contributed by atoms with Gasteiger partial charge < -0.3 is 23.7 Å². The number of ketones is 1. The van der Waals surface area contributed by atoms with E-state index < -0.39 is 11.3 Å². The van der Waals surface area contributed by atoms with Crippen LogP contribution < -0.4 is 23.7 Å². The van der Waals surface area contributed by atoms with Crippen LogP contribution in [0.15, 0.2) is 30.0 Å². The van der Waals surface area contributed by atoms with E-state index in [9.17, 15) is 9.59 Å². The van der Waals surface area contributed by atoms with Crippen molar-refractivity contribution in [3.63, 3.8) is 0 Å². The Morgan fingerprint density at radius 2 is 1.70 bits per heavy atom. The fraction of sp³-hybridized carbons (Fsp3) is 0.273. The van der Waals surface area contributed by atoms with Gasteiger partial charge in [0, 0.05) is 5.56 Å². The summed E-state index contributed by atoms with van der Waals surface area (Å²) in [6.45, 7) is 3.22. The number of fused-ring (bicyclic) bond motifs is 1. The molecule has 0 aromatic heterocycles. The number of Topliss-reactive ketones (excluding diaryl/α,β-unsaturated/α-hetero) is 1. The predicted molar refractivity (Wildman–Crippen MR) is 111 cm³/mol. The molecule has 30 heavy (non-hydrogen) atoms. The minimum absolute atomic E-state index is 0.122. The quantitative estimate of drug-likeness (QED) is 0.293. The Morgan fingerprint density at radius 3 is 2.23 bits per heavy atom. The topological polar surface area (TPSA) is 80.3 Å². The molecular formula is C22H21ClO7. The Hall–Kier alpha value is -3.19. The Balaban J connectivity index is 1.97. The summed E-state index contributed by atoms with van der Waals surface area (Å²) in [7, 11) is 4.53. The second-order valence-corrected chi connectivity index (χ2v) is 7.16. The maximum absolute atomic E-state index is 12.8. The fourth-order valence-electron chi connectivity index (χ4n) is 3.00. The summed E-state index contributed by atoms with van der Waals surface area (Å²) >= 11 is 5.76. The number of carbonyl (C=O) groups is 2. The van der Waals surface area contributed by atoms with Crippen LogP contribution in [-0.2, 0) is 4.79 Å². The highest BCUT2D eigenvalue weighted by Crippen LogP contribution is 2.41. The van der Waals surface area contributed by atoms with Gasteiger partial charge in [0.1, 0.15) is 16.9 Å². The summed E-state index contributed by atoms with van der Waals surface area (Å²) in [5.74, 6) is 1.22. The maximum atomic E-state index is 12.8. The SMILES string of the molecule is COc1cc(/C=C2\Oc3c(ccc(OC(=O)C(C)Cl)c3C)C2=O)cc(OC)c1OC. The van der Waals surface area contributed by atoms with Crippen molar-refractivity contribution in [3.05, 3.63) is 46.7 Å². The summed E-state index contributed by atoms with van der Waals surface area (Å²) < 4.78 is 27.1. The Labute approximate surface area is 179 Å². The Bertz CT molecular complexity index is 1020. The third-order valence-electron chi connectivity index (χ3n) is 4.56. The molecule has 1 heterocycles. The van der Waals surface area contributed by atoms with E-state index in [1.165, 1.54) is 28.3 Å². The van der Waals surface area contributed by atoms with Gasteiger partial charge in [-0.25, -0.2) is 0 Å². The molecule has 0 aliphatic carbocycles. The average Bonchev–Trinajstić information content (AvgIpc) is 3.05. The van der Waals surface area contributed by atoms with Gasteiger partial charge in [0.05, 0.1) is 26.9 Å². The van der Waals surface area contributed by atoms with Gasteiger partial charge in [-0.3, -0.25) is 9.59 Å². The van der Waals surface area contributed by atoms with Crippen LogP contribution in [0.5, 0.6) is 28.7 Å². The average molecular weight is 433 g/mol. The van der Waals surface area contributed by atoms with Crippen molar-refractivity contribution < 1.29 is 33.3 Å². The van der Waals surface area contributed by atoms with Gasteiger partial charge in [-0.05, 0) is 49.8 Å². The standard InChI is InChI=1S/C22H21ClO7/c1-11-15(30-22(25)12(2)23)7-6-14-19(24)16(29-20(11)14)8-13-9-17(26-3)21(28-5)18(10-13)27-4/h6-10,12H,1-5H3/b16-8-. The number of alkyl halides is 1. The highest BCUT2D eigenvalue weighted by atomic mass is 35.5. The molecule has 7 nitrogen and oxygen atoms in total. The van der Waals surface area contributed by atoms with Crippen molar-refractivity contribution in [1.29, 1.82) is 0 Å². The minimum atomic E-state index is -0.796. The third-order valence-corrected chi connectivity index (χ3v) is 4.73. The summed E-state index contributed by atoms with van der Waals surface area (Å²) in [6.07, 6.45) is 1.58. The molecule has 3 rings (SSSR count). The van der Waals surface area contributed by atoms with Crippen molar-refractivity contribution in [1.82, 2.24) is 0 Å². The monoisotopic (exact) mass is 432 g/mol. The zero-order valence-corrected chi connectivity index (χ0v) is 18.0. The van der Waals surface area contributed by atoms with Gasteiger partial charge >= 0.3 is 5.97 Å². The first-order valence-corrected chi connectivity index (χ1v) is 9.48. The normalized spacial score (nSPS) is 14.7. The zero-order valence-electron chi connectivity index (χ0n) is 17.2. The molecule has 0 radical (unpaired) electrons. The summed E-state index contributed by atoms with van der Waals surface area (Å²) in [5.41, 5.74) is 1.53. The number of allylic oxidation sites excluding steroid dienone is 1. The minimum Gasteiger partial charge on any atom is -0.493 e. The van der Waals surface area contributed by atoms with E-state index in [4.69, 9.17) is 35.3 Å². The lowest BCUT2D eigenvalue weighted by molar-refractivity contribution is -0.133. The van der Waals surface area contributed by atoms with Crippen molar-refractivity contribution >= 4 is 29.4 Å². The molecule has 1 atom stereocenters. The molecule has 0 saturated carbocycles. The van der Waals surface area contributed by atoms with Crippen molar-refractivity contribution in [2.45, 2.75) is 19.2 Å². The molecule has 8 heteroatoms. The lowest BCUT2D eigenvalue weighted by atomic mass is 10.1. The summed E-state index contributed by atoms with van der Waals surface area (Å²) in [5, 5.41) is -0.796. The van der Waals surface area contributed by atoms with Crippen molar-refractivity contribution in [2.24, 2.45) is 0 Å². The number of hydrogen-bond acceptors (Lipinski definition) is 7. The van der Waals surface area contributed by atoms with Crippen LogP contribution in [0.1, 0.15) is 28.4 Å². The van der Waals surface area contributed by atoms with E-state index in [0.717, 1.165) is 0 Å². The molecule has 1 aliphatic rings. The molecule has 0 amide bonds. The first-order chi connectivity index (χ1) is 14.3. The van der Waals surface area contributed by atoms with Gasteiger partial charge in [-0.2, -0.15) is 0 Å². The number of ether oxygens (including phenoxy) is 5. The zero-order chi connectivity index (χ0) is 22.0. The number of esters is 1. The summed E-state index contributed by atoms with van der Waals surface area (Å²) in [6, 6.07) is 6.52. The highest BCUT2D eigenvalue weighted by Gasteiger charge is 2.31. The van der Waals surface area contributed by atoms with E-state index in [0.29, 0.717) is 39.7 Å². The molecule has 158 valence electrons. The Kier molecular flexibility index (Phi) is 6.22. The summed E-state index contributed by atoms with van der Waals surface area (Å²) in [4.78, 5) is 24.6. The molecule has 0 N–H and O–H groups in total. The first kappa shape index (κ1) is 21.5. The van der Waals surface area contributed by atoms with Crippen LogP contribution in [0.2, 0.25) is 0 Å². The predicted octanol–water partition coefficient (Wildman–Crippen LogP) is 4.17. The van der Waals surface area contributed by atoms with Gasteiger partial charge in [-0.15, -0.1) is 11.6 Å². The number of methoxy groups -OCH3 is 3. The number of rotatable bonds is 6. The maximum Gasteiger partial charge on any atom is 0.329 e. The van der Waals surface area contributed by atoms with Crippen LogP contribution in [0.3, 0.4) is 0 Å². The molecule has 0 saturated heterocycles. The molecule has 1 aliphatic heterocycles. The second-order valence-electron chi connectivity index (χ2n) is 6.50. The molecule has 2 aromatic rings. The van der Waals surface area contributed by atoms with E-state index >= 15 is 0 Å². The van der Waals surface area contributed by atoms with Crippen LogP contribution >= 0.6 is 11.6 Å². The smallest absolute Gasteiger partial charge is 0.329 e. The van der Waals surface area contributed by atoms with Crippen LogP contribution in [0, 0.1) is 6.92 Å². The highest BCUT2D eigenvalue weighted by molar-refractivity contribution is 6.29. The molecule has 0 spiro atoms. The third kappa shape index (κ3) is 3.93. The molecule has 1 unspecified atom stereocenters. The first-order valence-electron chi connectivity index (χ1n) is 9.04. The van der Waals surface area contributed by atoms with Gasteiger partial charge in [-0.1, -0.05) is 0 Å². The lowest BCUT2D eigenvalue weighted by Crippen LogP contribution is -2.18. The van der Waals surface area contributed by atoms with Crippen molar-refractivity contribution in [3.8, 4) is 28.7 Å². The Morgan fingerprint density at radius 1 is 1.07 bits per heavy atom. The van der Waals surface area contributed by atoms with Gasteiger partial charge in [0.15, 0.2) is 17.3 Å². The lowest BCUT2D eigenvalue weighted by Gasteiger charge is -2.13. The van der Waals surface area contributed by atoms with E-state index in [1.54, 1.807) is 37.3 Å². The van der Waals surface area contributed by atoms with Gasteiger partial charge in [0.2, 0.25) is 11.5 Å². The molecule has 2 aromatic carbocycles. The number of halogens is 1. The van der Waals surface area contributed by atoms with E-state index in [-0.39, 0.29) is 17.3 Å². The number of carbonyl (C=O) groups excluding carboxylic acids is 2. The molecule has 0 bridgehead atoms. The van der Waals surface area contributed by atoms with E-state index in [2.05, 4.69) is 0 Å².